The second-order valence-electron chi connectivity index (χ2n) is 4.66. The van der Waals surface area contributed by atoms with Crippen molar-refractivity contribution in [2.75, 3.05) is 5.73 Å². The first kappa shape index (κ1) is 11.7. The van der Waals surface area contributed by atoms with Crippen molar-refractivity contribution in [3.05, 3.63) is 54.6 Å². The number of H-pyrrole nitrogens is 1. The summed E-state index contributed by atoms with van der Waals surface area (Å²) < 4.78 is 0. The van der Waals surface area contributed by atoms with E-state index in [1.165, 1.54) is 4.80 Å². The van der Waals surface area contributed by atoms with Crippen LogP contribution in [-0.4, -0.2) is 25.0 Å². The summed E-state index contributed by atoms with van der Waals surface area (Å²) in [6.45, 7) is 0. The van der Waals surface area contributed by atoms with Gasteiger partial charge in [-0.15, -0.1) is 15.0 Å². The summed E-state index contributed by atoms with van der Waals surface area (Å²) in [7, 11) is 0. The third-order valence-electron chi connectivity index (χ3n) is 3.24. The molecule has 0 saturated carbocycles. The Morgan fingerprint density at radius 1 is 0.905 bits per heavy atom. The smallest absolute Gasteiger partial charge is 0.177 e. The number of anilines is 1. The van der Waals surface area contributed by atoms with E-state index in [0.717, 1.165) is 16.7 Å². The molecule has 0 unspecified atom stereocenters. The molecule has 6 nitrogen and oxygen atoms in total. The molecule has 0 fully saturated rings. The fourth-order valence-corrected chi connectivity index (χ4v) is 2.23. The number of fused-ring (bicyclic) bond motifs is 1. The van der Waals surface area contributed by atoms with Crippen LogP contribution in [0.3, 0.4) is 0 Å². The van der Waals surface area contributed by atoms with E-state index < -0.39 is 0 Å². The van der Waals surface area contributed by atoms with Crippen molar-refractivity contribution in [3.63, 3.8) is 0 Å². The van der Waals surface area contributed by atoms with Crippen molar-refractivity contribution in [1.29, 1.82) is 0 Å². The summed E-state index contributed by atoms with van der Waals surface area (Å²) in [6, 6.07) is 17.4. The number of nitrogens with one attached hydrogen (secondary N) is 1. The average Bonchev–Trinajstić information content (AvgIpc) is 3.11. The van der Waals surface area contributed by atoms with Gasteiger partial charge in [0.05, 0.1) is 16.7 Å². The molecular weight excluding hydrogens is 264 g/mol. The highest BCUT2D eigenvalue weighted by atomic mass is 15.5. The van der Waals surface area contributed by atoms with Gasteiger partial charge < -0.3 is 10.7 Å². The zero-order valence-electron chi connectivity index (χ0n) is 11.1. The molecule has 4 rings (SSSR count). The summed E-state index contributed by atoms with van der Waals surface area (Å²) in [5, 5.41) is 8.68. The zero-order chi connectivity index (χ0) is 14.2. The molecule has 102 valence electrons. The summed E-state index contributed by atoms with van der Waals surface area (Å²) in [6.07, 6.45) is 0. The second-order valence-corrected chi connectivity index (χ2v) is 4.66. The molecule has 0 spiro atoms. The Morgan fingerprint density at radius 2 is 1.67 bits per heavy atom. The molecule has 2 heterocycles. The lowest BCUT2D eigenvalue weighted by Gasteiger charge is -1.96. The molecule has 0 aliphatic carbocycles. The van der Waals surface area contributed by atoms with E-state index >= 15 is 0 Å². The van der Waals surface area contributed by atoms with Gasteiger partial charge in [0.25, 0.3) is 0 Å². The molecule has 2 aromatic heterocycles. The standard InChI is InChI=1S/C15H12N6/c16-14-13(15-17-11-8-4-5-9-12(11)18-15)19-21(20-14)10-6-2-1-3-7-10/h1-9H,(H2,16,20)(H,17,18). The first-order chi connectivity index (χ1) is 10.3. The van der Waals surface area contributed by atoms with E-state index in [9.17, 15) is 0 Å². The molecule has 0 bridgehead atoms. The number of nitrogens with zero attached hydrogens (tertiary/aromatic N) is 4. The molecule has 0 radical (unpaired) electrons. The fourth-order valence-electron chi connectivity index (χ4n) is 2.23. The Bertz CT molecular complexity index is 873. The quantitative estimate of drug-likeness (QED) is 0.588. The lowest BCUT2D eigenvalue weighted by molar-refractivity contribution is 0.755. The fraction of sp³-hybridized carbons (Fsp3) is 0. The highest BCUT2D eigenvalue weighted by molar-refractivity contribution is 5.80. The number of imidazole rings is 1. The zero-order valence-corrected chi connectivity index (χ0v) is 11.1. The minimum atomic E-state index is 0.345. The van der Waals surface area contributed by atoms with Crippen LogP contribution < -0.4 is 5.73 Å². The van der Waals surface area contributed by atoms with Crippen LogP contribution in [-0.2, 0) is 0 Å². The number of benzene rings is 2. The minimum absolute atomic E-state index is 0.345. The first-order valence-corrected chi connectivity index (χ1v) is 6.54. The maximum Gasteiger partial charge on any atom is 0.177 e. The number of aromatic nitrogens is 5. The third-order valence-corrected chi connectivity index (χ3v) is 3.24. The third kappa shape index (κ3) is 1.93. The van der Waals surface area contributed by atoms with E-state index in [2.05, 4.69) is 20.2 Å². The Balaban J connectivity index is 1.84. The summed E-state index contributed by atoms with van der Waals surface area (Å²) >= 11 is 0. The van der Waals surface area contributed by atoms with Crippen LogP contribution in [0.4, 0.5) is 5.82 Å². The molecule has 4 aromatic rings. The van der Waals surface area contributed by atoms with Gasteiger partial charge in [0.15, 0.2) is 17.3 Å². The summed E-state index contributed by atoms with van der Waals surface area (Å²) in [5.41, 5.74) is 9.20. The number of aromatic amines is 1. The van der Waals surface area contributed by atoms with Gasteiger partial charge in [0, 0.05) is 0 Å². The summed E-state index contributed by atoms with van der Waals surface area (Å²) in [5.74, 6) is 0.966. The molecule has 3 N–H and O–H groups in total. The van der Waals surface area contributed by atoms with Crippen molar-refractivity contribution in [3.8, 4) is 17.2 Å². The van der Waals surface area contributed by atoms with Crippen LogP contribution in [0, 0.1) is 0 Å². The Morgan fingerprint density at radius 3 is 2.48 bits per heavy atom. The van der Waals surface area contributed by atoms with E-state index in [1.807, 2.05) is 54.6 Å². The Labute approximate surface area is 120 Å². The molecule has 0 atom stereocenters. The number of nitrogen functional groups attached to an aromatic ring is 1. The van der Waals surface area contributed by atoms with Crippen LogP contribution in [0.15, 0.2) is 54.6 Å². The molecule has 0 aliphatic rings. The second kappa shape index (κ2) is 4.45. The van der Waals surface area contributed by atoms with Crippen LogP contribution >= 0.6 is 0 Å². The van der Waals surface area contributed by atoms with Crippen LogP contribution in [0.2, 0.25) is 0 Å². The van der Waals surface area contributed by atoms with Crippen molar-refractivity contribution in [2.45, 2.75) is 0 Å². The highest BCUT2D eigenvalue weighted by Gasteiger charge is 2.15. The number of para-hydroxylation sites is 3. The molecule has 2 aromatic carbocycles. The van der Waals surface area contributed by atoms with Crippen LogP contribution in [0.25, 0.3) is 28.2 Å². The maximum absolute atomic E-state index is 5.98. The molecule has 21 heavy (non-hydrogen) atoms. The summed E-state index contributed by atoms with van der Waals surface area (Å²) in [4.78, 5) is 9.22. The van der Waals surface area contributed by atoms with Gasteiger partial charge in [-0.1, -0.05) is 30.3 Å². The monoisotopic (exact) mass is 276 g/mol. The van der Waals surface area contributed by atoms with Gasteiger partial charge in [-0.25, -0.2) is 4.98 Å². The lowest BCUT2D eigenvalue weighted by atomic mass is 10.3. The van der Waals surface area contributed by atoms with Gasteiger partial charge in [0.2, 0.25) is 0 Å². The van der Waals surface area contributed by atoms with Crippen molar-refractivity contribution >= 4 is 16.9 Å². The normalized spacial score (nSPS) is 11.0. The molecule has 0 aliphatic heterocycles. The Kier molecular flexibility index (Phi) is 2.47. The minimum Gasteiger partial charge on any atom is -0.380 e. The van der Waals surface area contributed by atoms with Crippen molar-refractivity contribution in [1.82, 2.24) is 25.0 Å². The van der Waals surface area contributed by atoms with Crippen molar-refractivity contribution in [2.24, 2.45) is 0 Å². The number of rotatable bonds is 2. The van der Waals surface area contributed by atoms with Gasteiger partial charge in [0.1, 0.15) is 0 Å². The number of hydrogen-bond donors (Lipinski definition) is 2. The average molecular weight is 276 g/mol. The molecular formula is C15H12N6. The van der Waals surface area contributed by atoms with E-state index in [1.54, 1.807) is 0 Å². The predicted octanol–water partition coefficient (Wildman–Crippen LogP) is 2.39. The number of hydrogen-bond acceptors (Lipinski definition) is 4. The maximum atomic E-state index is 5.98. The highest BCUT2D eigenvalue weighted by Crippen LogP contribution is 2.23. The number of nitrogens with two attached hydrogens (primary N) is 1. The van der Waals surface area contributed by atoms with E-state index in [-0.39, 0.29) is 0 Å². The van der Waals surface area contributed by atoms with Crippen LogP contribution in [0.5, 0.6) is 0 Å². The molecule has 6 heteroatoms. The van der Waals surface area contributed by atoms with E-state index in [0.29, 0.717) is 17.3 Å². The topological polar surface area (TPSA) is 85.4 Å². The largest absolute Gasteiger partial charge is 0.380 e. The van der Waals surface area contributed by atoms with E-state index in [4.69, 9.17) is 5.73 Å². The first-order valence-electron chi connectivity index (χ1n) is 6.54. The molecule has 0 amide bonds. The van der Waals surface area contributed by atoms with Gasteiger partial charge in [-0.3, -0.25) is 0 Å². The molecule has 0 saturated heterocycles. The van der Waals surface area contributed by atoms with Gasteiger partial charge >= 0.3 is 0 Å². The lowest BCUT2D eigenvalue weighted by Crippen LogP contribution is -1.98. The SMILES string of the molecule is Nc1nn(-c2ccccc2)nc1-c1nc2ccccc2[nH]1. The van der Waals surface area contributed by atoms with Crippen LogP contribution in [0.1, 0.15) is 0 Å². The van der Waals surface area contributed by atoms with Crippen molar-refractivity contribution < 1.29 is 0 Å². The van der Waals surface area contributed by atoms with Gasteiger partial charge in [-0.2, -0.15) is 0 Å². The Hall–Kier alpha value is -3.15. The predicted molar refractivity (Wildman–Crippen MR) is 80.9 cm³/mol. The van der Waals surface area contributed by atoms with Gasteiger partial charge in [-0.05, 0) is 24.3 Å².